The standard InChI is InChI=1S/C20H23ClN2O3S/c1-2-27(25,26)23-18-7-4-3-6-17(18)19(24)22-14-20(12-5-13-20)15-8-10-16(21)11-9-15/h3-4,6-11,23H,2,5,12-14H2,1H3,(H,22,24). The predicted molar refractivity (Wildman–Crippen MR) is 109 cm³/mol. The normalized spacial score (nSPS) is 15.6. The average molecular weight is 407 g/mol. The summed E-state index contributed by atoms with van der Waals surface area (Å²) in [6.07, 6.45) is 3.11. The van der Waals surface area contributed by atoms with Crippen LogP contribution in [0.1, 0.15) is 42.1 Å². The molecule has 0 aromatic heterocycles. The van der Waals surface area contributed by atoms with Crippen LogP contribution in [-0.4, -0.2) is 26.6 Å². The number of para-hydroxylation sites is 1. The van der Waals surface area contributed by atoms with Crippen LogP contribution in [0.4, 0.5) is 5.69 Å². The molecule has 5 nitrogen and oxygen atoms in total. The van der Waals surface area contributed by atoms with Crippen molar-refractivity contribution in [2.75, 3.05) is 17.0 Å². The molecule has 0 atom stereocenters. The van der Waals surface area contributed by atoms with Gasteiger partial charge in [-0.25, -0.2) is 8.42 Å². The van der Waals surface area contributed by atoms with E-state index < -0.39 is 10.0 Å². The summed E-state index contributed by atoms with van der Waals surface area (Å²) in [5.74, 6) is -0.340. The molecule has 2 aromatic carbocycles. The van der Waals surface area contributed by atoms with Gasteiger partial charge in [-0.3, -0.25) is 9.52 Å². The number of carbonyl (C=O) groups is 1. The highest BCUT2D eigenvalue weighted by Gasteiger charge is 2.39. The lowest BCUT2D eigenvalue weighted by Gasteiger charge is -2.42. The number of rotatable bonds is 7. The second kappa shape index (κ2) is 7.90. The summed E-state index contributed by atoms with van der Waals surface area (Å²) in [6.45, 7) is 2.06. The zero-order valence-electron chi connectivity index (χ0n) is 15.2. The first-order chi connectivity index (χ1) is 12.9. The zero-order valence-corrected chi connectivity index (χ0v) is 16.7. The number of hydrogen-bond donors (Lipinski definition) is 2. The number of carbonyl (C=O) groups excluding carboxylic acids is 1. The van der Waals surface area contributed by atoms with E-state index in [-0.39, 0.29) is 17.1 Å². The Morgan fingerprint density at radius 2 is 1.78 bits per heavy atom. The molecule has 1 aliphatic carbocycles. The van der Waals surface area contributed by atoms with Gasteiger partial charge in [0.05, 0.1) is 17.0 Å². The highest BCUT2D eigenvalue weighted by atomic mass is 35.5. The Morgan fingerprint density at radius 1 is 1.11 bits per heavy atom. The van der Waals surface area contributed by atoms with Gasteiger partial charge >= 0.3 is 0 Å². The Labute approximate surface area is 165 Å². The number of sulfonamides is 1. The lowest BCUT2D eigenvalue weighted by Crippen LogP contribution is -2.45. The molecule has 2 aromatic rings. The van der Waals surface area contributed by atoms with Gasteiger partial charge in [0.15, 0.2) is 0 Å². The van der Waals surface area contributed by atoms with Gasteiger partial charge in [0.25, 0.3) is 5.91 Å². The SMILES string of the molecule is CCS(=O)(=O)Nc1ccccc1C(=O)NCC1(c2ccc(Cl)cc2)CCC1. The van der Waals surface area contributed by atoms with Crippen LogP contribution in [0.3, 0.4) is 0 Å². The molecule has 0 saturated heterocycles. The van der Waals surface area contributed by atoms with E-state index in [1.807, 2.05) is 24.3 Å². The molecule has 0 spiro atoms. The zero-order chi connectivity index (χ0) is 19.5. The Balaban J connectivity index is 1.75. The minimum atomic E-state index is -3.45. The molecule has 2 N–H and O–H groups in total. The molecule has 3 rings (SSSR count). The second-order valence-corrected chi connectivity index (χ2v) is 9.32. The third kappa shape index (κ3) is 4.45. The summed E-state index contributed by atoms with van der Waals surface area (Å²) in [7, 11) is -3.45. The van der Waals surface area contributed by atoms with Crippen LogP contribution in [0.5, 0.6) is 0 Å². The van der Waals surface area contributed by atoms with E-state index in [9.17, 15) is 13.2 Å². The van der Waals surface area contributed by atoms with Gasteiger partial charge in [0, 0.05) is 17.0 Å². The van der Waals surface area contributed by atoms with Crippen LogP contribution in [0, 0.1) is 0 Å². The maximum Gasteiger partial charge on any atom is 0.253 e. The number of hydrogen-bond acceptors (Lipinski definition) is 3. The van der Waals surface area contributed by atoms with Gasteiger partial charge < -0.3 is 5.32 Å². The van der Waals surface area contributed by atoms with E-state index in [0.717, 1.165) is 19.3 Å². The summed E-state index contributed by atoms with van der Waals surface area (Å²) in [6, 6.07) is 14.4. The van der Waals surface area contributed by atoms with Crippen molar-refractivity contribution in [1.29, 1.82) is 0 Å². The Kier molecular flexibility index (Phi) is 5.77. The summed E-state index contributed by atoms with van der Waals surface area (Å²) >= 11 is 5.99. The molecule has 7 heteroatoms. The first-order valence-corrected chi connectivity index (χ1v) is 11.0. The molecule has 0 bridgehead atoms. The molecule has 0 radical (unpaired) electrons. The van der Waals surface area contributed by atoms with Crippen LogP contribution >= 0.6 is 11.6 Å². The molecule has 144 valence electrons. The molecular weight excluding hydrogens is 384 g/mol. The fourth-order valence-electron chi connectivity index (χ4n) is 3.33. The van der Waals surface area contributed by atoms with Crippen LogP contribution in [0.25, 0.3) is 0 Å². The molecule has 27 heavy (non-hydrogen) atoms. The number of halogens is 1. The van der Waals surface area contributed by atoms with Gasteiger partial charge in [-0.05, 0) is 49.6 Å². The highest BCUT2D eigenvalue weighted by Crippen LogP contribution is 2.43. The third-order valence-corrected chi connectivity index (χ3v) is 6.71. The number of amides is 1. The maximum atomic E-state index is 12.7. The van der Waals surface area contributed by atoms with Gasteiger partial charge in [0.2, 0.25) is 10.0 Å². The van der Waals surface area contributed by atoms with Gasteiger partial charge in [-0.2, -0.15) is 0 Å². The van der Waals surface area contributed by atoms with Gasteiger partial charge in [0.1, 0.15) is 0 Å². The highest BCUT2D eigenvalue weighted by molar-refractivity contribution is 7.92. The van der Waals surface area contributed by atoms with Crippen LogP contribution in [0.2, 0.25) is 5.02 Å². The van der Waals surface area contributed by atoms with E-state index in [2.05, 4.69) is 10.0 Å². The van der Waals surface area contributed by atoms with E-state index in [1.165, 1.54) is 5.56 Å². The third-order valence-electron chi connectivity index (χ3n) is 5.17. The van der Waals surface area contributed by atoms with Crippen molar-refractivity contribution in [1.82, 2.24) is 5.32 Å². The predicted octanol–water partition coefficient (Wildman–Crippen LogP) is 3.95. The van der Waals surface area contributed by atoms with Crippen molar-refractivity contribution in [2.45, 2.75) is 31.6 Å². The first kappa shape index (κ1) is 19.7. The van der Waals surface area contributed by atoms with Crippen molar-refractivity contribution in [3.05, 3.63) is 64.7 Å². The monoisotopic (exact) mass is 406 g/mol. The van der Waals surface area contributed by atoms with Crippen molar-refractivity contribution < 1.29 is 13.2 Å². The fraction of sp³-hybridized carbons (Fsp3) is 0.350. The Bertz CT molecular complexity index is 922. The number of anilines is 1. The minimum absolute atomic E-state index is 0.0529. The van der Waals surface area contributed by atoms with Crippen LogP contribution in [-0.2, 0) is 15.4 Å². The molecule has 0 heterocycles. The molecule has 0 unspecified atom stereocenters. The molecule has 0 aliphatic heterocycles. The van der Waals surface area contributed by atoms with E-state index in [4.69, 9.17) is 11.6 Å². The molecule has 1 fully saturated rings. The Hall–Kier alpha value is -2.05. The van der Waals surface area contributed by atoms with E-state index >= 15 is 0 Å². The van der Waals surface area contributed by atoms with Crippen LogP contribution < -0.4 is 10.0 Å². The number of nitrogens with one attached hydrogen (secondary N) is 2. The summed E-state index contributed by atoms with van der Waals surface area (Å²) in [5.41, 5.74) is 1.70. The van der Waals surface area contributed by atoms with Gasteiger partial charge in [-0.15, -0.1) is 0 Å². The molecule has 1 aliphatic rings. The quantitative estimate of drug-likeness (QED) is 0.730. The van der Waals surface area contributed by atoms with Crippen molar-refractivity contribution in [3.63, 3.8) is 0 Å². The lowest BCUT2D eigenvalue weighted by atomic mass is 9.64. The number of benzene rings is 2. The Morgan fingerprint density at radius 3 is 2.37 bits per heavy atom. The lowest BCUT2D eigenvalue weighted by molar-refractivity contribution is 0.0928. The summed E-state index contributed by atoms with van der Waals surface area (Å²) < 4.78 is 26.2. The van der Waals surface area contributed by atoms with Crippen molar-refractivity contribution in [3.8, 4) is 0 Å². The first-order valence-electron chi connectivity index (χ1n) is 8.99. The second-order valence-electron chi connectivity index (χ2n) is 6.87. The van der Waals surface area contributed by atoms with Gasteiger partial charge in [-0.1, -0.05) is 42.3 Å². The topological polar surface area (TPSA) is 75.3 Å². The summed E-state index contributed by atoms with van der Waals surface area (Å²) in [4.78, 5) is 12.7. The molecular formula is C20H23ClN2O3S. The van der Waals surface area contributed by atoms with Crippen molar-refractivity contribution in [2.24, 2.45) is 0 Å². The van der Waals surface area contributed by atoms with Crippen LogP contribution in [0.15, 0.2) is 48.5 Å². The summed E-state index contributed by atoms with van der Waals surface area (Å²) in [5, 5.41) is 3.68. The largest absolute Gasteiger partial charge is 0.351 e. The molecule has 1 amide bonds. The maximum absolute atomic E-state index is 12.7. The molecule has 1 saturated carbocycles. The minimum Gasteiger partial charge on any atom is -0.351 e. The smallest absolute Gasteiger partial charge is 0.253 e. The van der Waals surface area contributed by atoms with E-state index in [1.54, 1.807) is 31.2 Å². The van der Waals surface area contributed by atoms with E-state index in [0.29, 0.717) is 22.8 Å². The average Bonchev–Trinajstić information content (AvgIpc) is 2.62. The fourth-order valence-corrected chi connectivity index (χ4v) is 4.11. The van der Waals surface area contributed by atoms with Crippen molar-refractivity contribution >= 4 is 33.2 Å².